The van der Waals surface area contributed by atoms with Gasteiger partial charge in [0.2, 0.25) is 0 Å². The summed E-state index contributed by atoms with van der Waals surface area (Å²) in [4.78, 5) is 25.7. The molecule has 0 saturated heterocycles. The first kappa shape index (κ1) is 20.5. The summed E-state index contributed by atoms with van der Waals surface area (Å²) in [7, 11) is 0. The number of anilines is 1. The van der Waals surface area contributed by atoms with Crippen LogP contribution < -0.4 is 5.32 Å². The molecule has 9 heteroatoms. The average molecular weight is 550 g/mol. The summed E-state index contributed by atoms with van der Waals surface area (Å²) in [5.74, 6) is -0.769. The van der Waals surface area contributed by atoms with Crippen LogP contribution in [0.25, 0.3) is 11.1 Å². The van der Waals surface area contributed by atoms with Crippen LogP contribution in [0.5, 0.6) is 0 Å². The van der Waals surface area contributed by atoms with Crippen molar-refractivity contribution >= 4 is 83.0 Å². The van der Waals surface area contributed by atoms with Gasteiger partial charge in [0.05, 0.1) is 15.3 Å². The number of ether oxygens (including phenoxy) is 1. The molecule has 0 atom stereocenters. The van der Waals surface area contributed by atoms with E-state index in [1.165, 1.54) is 22.7 Å². The smallest absolute Gasteiger partial charge is 0.341 e. The van der Waals surface area contributed by atoms with E-state index in [0.29, 0.717) is 26.0 Å². The molecule has 2 aromatic heterocycles. The van der Waals surface area contributed by atoms with E-state index in [1.807, 2.05) is 17.5 Å². The summed E-state index contributed by atoms with van der Waals surface area (Å²) < 4.78 is 6.83. The molecule has 2 heterocycles. The maximum atomic E-state index is 12.6. The Morgan fingerprint density at radius 1 is 1.22 bits per heavy atom. The third kappa shape index (κ3) is 4.63. The van der Waals surface area contributed by atoms with Crippen molar-refractivity contribution in [2.24, 2.45) is 0 Å². The lowest BCUT2D eigenvalue weighted by Gasteiger charge is -2.08. The first-order valence-electron chi connectivity index (χ1n) is 7.71. The number of carbonyl (C=O) groups is 2. The molecule has 0 bridgehead atoms. The standard InChI is InChI=1S/C18H12Br2ClNO3S2/c1-2-25-18(24)14-11(9-3-5-10(21)6-4-9)8-26-17(14)22-16(23)13-7-12(19)15(20)27-13/h3-8H,2H2,1H3,(H,22,23). The highest BCUT2D eigenvalue weighted by Crippen LogP contribution is 2.38. The fourth-order valence-electron chi connectivity index (χ4n) is 2.32. The summed E-state index contributed by atoms with van der Waals surface area (Å²) in [5, 5.41) is 5.71. The van der Waals surface area contributed by atoms with Gasteiger partial charge in [0, 0.05) is 20.4 Å². The second-order valence-corrected chi connectivity index (χ2v) is 9.81. The molecule has 0 saturated carbocycles. The van der Waals surface area contributed by atoms with Crippen LogP contribution in [0.4, 0.5) is 5.00 Å². The molecule has 0 aliphatic heterocycles. The van der Waals surface area contributed by atoms with Crippen molar-refractivity contribution in [2.75, 3.05) is 11.9 Å². The number of esters is 1. The Bertz CT molecular complexity index is 979. The van der Waals surface area contributed by atoms with E-state index in [-0.39, 0.29) is 12.5 Å². The number of hydrogen-bond acceptors (Lipinski definition) is 5. The fourth-order valence-corrected chi connectivity index (χ4v) is 5.33. The summed E-state index contributed by atoms with van der Waals surface area (Å²) in [5.41, 5.74) is 1.85. The Labute approximate surface area is 185 Å². The number of amides is 1. The zero-order valence-corrected chi connectivity index (χ0v) is 19.4. The highest BCUT2D eigenvalue weighted by atomic mass is 79.9. The number of benzene rings is 1. The van der Waals surface area contributed by atoms with Gasteiger partial charge >= 0.3 is 5.97 Å². The molecule has 0 aliphatic carbocycles. The first-order valence-corrected chi connectivity index (χ1v) is 11.4. The Morgan fingerprint density at radius 3 is 2.52 bits per heavy atom. The van der Waals surface area contributed by atoms with Crippen molar-refractivity contribution in [3.05, 3.63) is 59.4 Å². The molecule has 0 aliphatic rings. The van der Waals surface area contributed by atoms with Crippen LogP contribution in [-0.2, 0) is 4.74 Å². The Kier molecular flexibility index (Phi) is 6.75. The fraction of sp³-hybridized carbons (Fsp3) is 0.111. The van der Waals surface area contributed by atoms with Crippen molar-refractivity contribution in [3.8, 4) is 11.1 Å². The Hall–Kier alpha value is -1.19. The SMILES string of the molecule is CCOC(=O)c1c(-c2ccc(Cl)cc2)csc1NC(=O)c1cc(Br)c(Br)s1. The van der Waals surface area contributed by atoms with E-state index in [2.05, 4.69) is 37.2 Å². The molecule has 3 aromatic rings. The minimum atomic E-state index is -0.479. The van der Waals surface area contributed by atoms with Crippen molar-refractivity contribution in [1.82, 2.24) is 0 Å². The summed E-state index contributed by atoms with van der Waals surface area (Å²) in [6, 6.07) is 8.88. The summed E-state index contributed by atoms with van der Waals surface area (Å²) >= 11 is 15.3. The lowest BCUT2D eigenvalue weighted by atomic mass is 10.0. The summed E-state index contributed by atoms with van der Waals surface area (Å²) in [6.45, 7) is 1.98. The molecule has 0 radical (unpaired) electrons. The topological polar surface area (TPSA) is 55.4 Å². The average Bonchev–Trinajstić information content (AvgIpc) is 3.19. The molecule has 1 aromatic carbocycles. The first-order chi connectivity index (χ1) is 12.9. The molecule has 1 N–H and O–H groups in total. The monoisotopic (exact) mass is 547 g/mol. The molecule has 3 rings (SSSR count). The zero-order valence-electron chi connectivity index (χ0n) is 13.8. The van der Waals surface area contributed by atoms with Crippen LogP contribution in [-0.4, -0.2) is 18.5 Å². The molecule has 140 valence electrons. The number of rotatable bonds is 5. The number of thiophene rings is 2. The van der Waals surface area contributed by atoms with Gasteiger partial charge in [-0.25, -0.2) is 4.79 Å². The van der Waals surface area contributed by atoms with Crippen LogP contribution >= 0.6 is 66.1 Å². The molecule has 0 spiro atoms. The van der Waals surface area contributed by atoms with E-state index in [4.69, 9.17) is 16.3 Å². The number of halogens is 3. The van der Waals surface area contributed by atoms with Crippen LogP contribution in [0.15, 0.2) is 44.0 Å². The molecule has 27 heavy (non-hydrogen) atoms. The second kappa shape index (κ2) is 8.87. The number of nitrogens with one attached hydrogen (secondary N) is 1. The van der Waals surface area contributed by atoms with E-state index in [9.17, 15) is 9.59 Å². The lowest BCUT2D eigenvalue weighted by molar-refractivity contribution is 0.0529. The molecular formula is C18H12Br2ClNO3S2. The number of carbonyl (C=O) groups excluding carboxylic acids is 2. The van der Waals surface area contributed by atoms with E-state index < -0.39 is 5.97 Å². The molecule has 0 fully saturated rings. The highest BCUT2D eigenvalue weighted by Gasteiger charge is 2.24. The predicted molar refractivity (Wildman–Crippen MR) is 118 cm³/mol. The van der Waals surface area contributed by atoms with Crippen LogP contribution in [0, 0.1) is 0 Å². The van der Waals surface area contributed by atoms with Crippen molar-refractivity contribution in [2.45, 2.75) is 6.92 Å². The summed E-state index contributed by atoms with van der Waals surface area (Å²) in [6.07, 6.45) is 0. The quantitative estimate of drug-likeness (QED) is 0.346. The molecule has 0 unspecified atom stereocenters. The van der Waals surface area contributed by atoms with Crippen molar-refractivity contribution < 1.29 is 14.3 Å². The maximum Gasteiger partial charge on any atom is 0.341 e. The zero-order chi connectivity index (χ0) is 19.6. The van der Waals surface area contributed by atoms with E-state index in [1.54, 1.807) is 25.1 Å². The van der Waals surface area contributed by atoms with Gasteiger partial charge in [-0.3, -0.25) is 4.79 Å². The third-order valence-corrected chi connectivity index (χ3v) is 7.92. The minimum absolute atomic E-state index is 0.243. The van der Waals surface area contributed by atoms with Gasteiger partial charge in [0.15, 0.2) is 0 Å². The van der Waals surface area contributed by atoms with Crippen LogP contribution in [0.1, 0.15) is 27.0 Å². The van der Waals surface area contributed by atoms with Gasteiger partial charge in [-0.1, -0.05) is 23.7 Å². The second-order valence-electron chi connectivity index (χ2n) is 5.27. The van der Waals surface area contributed by atoms with Crippen molar-refractivity contribution in [3.63, 3.8) is 0 Å². The van der Waals surface area contributed by atoms with E-state index >= 15 is 0 Å². The van der Waals surface area contributed by atoms with Gasteiger partial charge in [-0.15, -0.1) is 22.7 Å². The van der Waals surface area contributed by atoms with Crippen molar-refractivity contribution in [1.29, 1.82) is 0 Å². The van der Waals surface area contributed by atoms with Gasteiger partial charge in [0.25, 0.3) is 5.91 Å². The Morgan fingerprint density at radius 2 is 1.93 bits per heavy atom. The van der Waals surface area contributed by atoms with Crippen LogP contribution in [0.3, 0.4) is 0 Å². The molecule has 1 amide bonds. The Balaban J connectivity index is 1.98. The van der Waals surface area contributed by atoms with Gasteiger partial charge < -0.3 is 10.1 Å². The van der Waals surface area contributed by atoms with Gasteiger partial charge in [-0.2, -0.15) is 0 Å². The molecular weight excluding hydrogens is 538 g/mol. The van der Waals surface area contributed by atoms with Gasteiger partial charge in [0.1, 0.15) is 10.6 Å². The molecule has 4 nitrogen and oxygen atoms in total. The van der Waals surface area contributed by atoms with Gasteiger partial charge in [-0.05, 0) is 62.5 Å². The maximum absolute atomic E-state index is 12.6. The van der Waals surface area contributed by atoms with E-state index in [0.717, 1.165) is 13.8 Å². The largest absolute Gasteiger partial charge is 0.462 e. The predicted octanol–water partition coefficient (Wildman–Crippen LogP) is 7.08. The lowest BCUT2D eigenvalue weighted by Crippen LogP contribution is -2.13. The minimum Gasteiger partial charge on any atom is -0.462 e. The highest BCUT2D eigenvalue weighted by molar-refractivity contribution is 9.13. The normalized spacial score (nSPS) is 10.7. The van der Waals surface area contributed by atoms with Crippen LogP contribution in [0.2, 0.25) is 5.02 Å². The third-order valence-electron chi connectivity index (χ3n) is 3.52. The number of hydrogen-bond donors (Lipinski definition) is 1.